The highest BCUT2D eigenvalue weighted by molar-refractivity contribution is 5.56. The molecule has 0 aliphatic carbocycles. The van der Waals surface area contributed by atoms with Gasteiger partial charge in [-0.05, 0) is 41.8 Å². The van der Waals surface area contributed by atoms with Gasteiger partial charge in [-0.15, -0.1) is 6.58 Å². The fraction of sp³-hybridized carbons (Fsp3) is 0.391. The maximum Gasteiger partial charge on any atom is 0.204 e. The third kappa shape index (κ3) is 5.34. The summed E-state index contributed by atoms with van der Waals surface area (Å²) in [6, 6.07) is 6.78. The number of aliphatic hydroxyl groups is 2. The molecule has 2 atom stereocenters. The van der Waals surface area contributed by atoms with Gasteiger partial charge in [0.1, 0.15) is 6.10 Å². The van der Waals surface area contributed by atoms with Crippen molar-refractivity contribution in [2.75, 3.05) is 42.2 Å². The van der Waals surface area contributed by atoms with E-state index in [2.05, 4.69) is 6.58 Å². The van der Waals surface area contributed by atoms with Crippen molar-refractivity contribution in [1.29, 1.82) is 0 Å². The molecule has 170 valence electrons. The second-order valence-corrected chi connectivity index (χ2v) is 6.56. The highest BCUT2D eigenvalue weighted by Crippen LogP contribution is 2.43. The van der Waals surface area contributed by atoms with Crippen LogP contribution in [0.3, 0.4) is 0 Å². The van der Waals surface area contributed by atoms with Gasteiger partial charge >= 0.3 is 0 Å². The first kappa shape index (κ1) is 24.2. The summed E-state index contributed by atoms with van der Waals surface area (Å²) in [5.41, 5.74) is 1.33. The Balaban J connectivity index is 2.44. The minimum Gasteiger partial charge on any atom is -0.493 e. The standard InChI is InChI=1S/C23H30O8/c1-7-8-14-9-16(26-2)23(17(10-14)27-3)31-20(13-24)21(25)15-11-18(28-4)22(30-6)19(12-15)29-5/h7,9-12,20-21,24-25H,1,8,13H2,2-6H3. The predicted molar refractivity (Wildman–Crippen MR) is 116 cm³/mol. The first-order valence-electron chi connectivity index (χ1n) is 9.59. The molecule has 0 aliphatic heterocycles. The van der Waals surface area contributed by atoms with E-state index in [-0.39, 0.29) is 5.75 Å². The molecule has 8 nitrogen and oxygen atoms in total. The molecule has 0 heterocycles. The molecule has 0 bridgehead atoms. The SMILES string of the molecule is C=CCc1cc(OC)c(OC(CO)C(O)c2cc(OC)c(OC)c(OC)c2)c(OC)c1. The molecule has 0 aliphatic rings. The summed E-state index contributed by atoms with van der Waals surface area (Å²) < 4.78 is 32.9. The summed E-state index contributed by atoms with van der Waals surface area (Å²) >= 11 is 0. The smallest absolute Gasteiger partial charge is 0.204 e. The quantitative estimate of drug-likeness (QED) is 0.493. The van der Waals surface area contributed by atoms with Crippen molar-refractivity contribution in [2.24, 2.45) is 0 Å². The second-order valence-electron chi connectivity index (χ2n) is 6.56. The predicted octanol–water partition coefficient (Wildman–Crippen LogP) is 2.93. The summed E-state index contributed by atoms with van der Waals surface area (Å²) in [5.74, 6) is 2.22. The lowest BCUT2D eigenvalue weighted by molar-refractivity contribution is -0.00185. The molecule has 0 aromatic heterocycles. The van der Waals surface area contributed by atoms with Gasteiger partial charge in [0.15, 0.2) is 29.1 Å². The van der Waals surface area contributed by atoms with Crippen LogP contribution in [0.2, 0.25) is 0 Å². The number of aliphatic hydroxyl groups excluding tert-OH is 2. The van der Waals surface area contributed by atoms with Gasteiger partial charge < -0.3 is 38.6 Å². The van der Waals surface area contributed by atoms with E-state index in [1.807, 2.05) is 0 Å². The van der Waals surface area contributed by atoms with Crippen LogP contribution in [0.4, 0.5) is 0 Å². The largest absolute Gasteiger partial charge is 0.493 e. The number of benzene rings is 2. The summed E-state index contributed by atoms with van der Waals surface area (Å²) in [7, 11) is 7.46. The van der Waals surface area contributed by atoms with Gasteiger partial charge in [0.05, 0.1) is 42.2 Å². The van der Waals surface area contributed by atoms with Gasteiger partial charge in [-0.2, -0.15) is 0 Å². The maximum absolute atomic E-state index is 11.0. The van der Waals surface area contributed by atoms with E-state index >= 15 is 0 Å². The Kier molecular flexibility index (Phi) is 8.84. The highest BCUT2D eigenvalue weighted by Gasteiger charge is 2.28. The van der Waals surface area contributed by atoms with E-state index in [1.54, 1.807) is 30.3 Å². The van der Waals surface area contributed by atoms with Crippen LogP contribution in [-0.4, -0.2) is 58.5 Å². The number of hydrogen-bond acceptors (Lipinski definition) is 8. The van der Waals surface area contributed by atoms with Crippen molar-refractivity contribution in [3.8, 4) is 34.5 Å². The van der Waals surface area contributed by atoms with Crippen LogP contribution in [0.15, 0.2) is 36.9 Å². The molecule has 0 amide bonds. The molecule has 31 heavy (non-hydrogen) atoms. The molecule has 2 aromatic rings. The molecular formula is C23H30O8. The zero-order valence-corrected chi connectivity index (χ0v) is 18.5. The van der Waals surface area contributed by atoms with Crippen LogP contribution >= 0.6 is 0 Å². The molecular weight excluding hydrogens is 404 g/mol. The monoisotopic (exact) mass is 434 g/mol. The van der Waals surface area contributed by atoms with Crippen molar-refractivity contribution < 1.29 is 38.6 Å². The Morgan fingerprint density at radius 3 is 1.68 bits per heavy atom. The molecule has 0 saturated heterocycles. The van der Waals surface area contributed by atoms with Gasteiger partial charge in [-0.3, -0.25) is 0 Å². The Hall–Kier alpha value is -3.10. The first-order chi connectivity index (χ1) is 15.0. The molecule has 8 heteroatoms. The molecule has 0 fully saturated rings. The van der Waals surface area contributed by atoms with Crippen LogP contribution in [0.5, 0.6) is 34.5 Å². The van der Waals surface area contributed by atoms with E-state index in [0.29, 0.717) is 40.7 Å². The lowest BCUT2D eigenvalue weighted by Gasteiger charge is -2.26. The van der Waals surface area contributed by atoms with Gasteiger partial charge in [-0.25, -0.2) is 0 Å². The number of rotatable bonds is 12. The summed E-state index contributed by atoms with van der Waals surface area (Å²) in [6.45, 7) is 3.27. The zero-order valence-electron chi connectivity index (χ0n) is 18.5. The van der Waals surface area contributed by atoms with Crippen molar-refractivity contribution in [1.82, 2.24) is 0 Å². The van der Waals surface area contributed by atoms with E-state index in [9.17, 15) is 10.2 Å². The topological polar surface area (TPSA) is 95.8 Å². The third-order valence-electron chi connectivity index (χ3n) is 4.73. The van der Waals surface area contributed by atoms with Crippen LogP contribution in [0.1, 0.15) is 17.2 Å². The maximum atomic E-state index is 11.0. The van der Waals surface area contributed by atoms with Gasteiger partial charge in [0, 0.05) is 0 Å². The van der Waals surface area contributed by atoms with Crippen LogP contribution in [0.25, 0.3) is 0 Å². The number of methoxy groups -OCH3 is 5. The average Bonchev–Trinajstić information content (AvgIpc) is 2.81. The van der Waals surface area contributed by atoms with E-state index < -0.39 is 18.8 Å². The van der Waals surface area contributed by atoms with Crippen LogP contribution < -0.4 is 28.4 Å². The fourth-order valence-corrected chi connectivity index (χ4v) is 3.17. The van der Waals surface area contributed by atoms with Crippen molar-refractivity contribution in [3.05, 3.63) is 48.0 Å². The first-order valence-corrected chi connectivity index (χ1v) is 9.59. The normalized spacial score (nSPS) is 12.5. The number of allylic oxidation sites excluding steroid dienone is 1. The Morgan fingerprint density at radius 1 is 0.806 bits per heavy atom. The van der Waals surface area contributed by atoms with Gasteiger partial charge in [0.2, 0.25) is 11.5 Å². The van der Waals surface area contributed by atoms with E-state index in [1.165, 1.54) is 35.5 Å². The lowest BCUT2D eigenvalue weighted by atomic mass is 10.0. The molecule has 0 spiro atoms. The van der Waals surface area contributed by atoms with Crippen molar-refractivity contribution >= 4 is 0 Å². The lowest BCUT2D eigenvalue weighted by Crippen LogP contribution is -2.29. The average molecular weight is 434 g/mol. The molecule has 2 N–H and O–H groups in total. The van der Waals surface area contributed by atoms with Crippen molar-refractivity contribution in [3.63, 3.8) is 0 Å². The second kappa shape index (κ2) is 11.3. The Morgan fingerprint density at radius 2 is 1.29 bits per heavy atom. The molecule has 2 aromatic carbocycles. The van der Waals surface area contributed by atoms with Crippen LogP contribution in [0, 0.1) is 0 Å². The molecule has 2 rings (SSSR count). The summed E-state index contributed by atoms with van der Waals surface area (Å²) in [6.07, 6.45) is 0.126. The molecule has 0 saturated carbocycles. The van der Waals surface area contributed by atoms with Gasteiger partial charge in [-0.1, -0.05) is 6.08 Å². The fourth-order valence-electron chi connectivity index (χ4n) is 3.17. The Labute approximate surface area is 182 Å². The minimum atomic E-state index is -1.22. The van der Waals surface area contributed by atoms with Crippen LogP contribution in [-0.2, 0) is 6.42 Å². The minimum absolute atomic E-state index is 0.267. The number of ether oxygens (including phenoxy) is 6. The van der Waals surface area contributed by atoms with Crippen molar-refractivity contribution in [2.45, 2.75) is 18.6 Å². The summed E-state index contributed by atoms with van der Waals surface area (Å²) in [5, 5.41) is 21.0. The zero-order chi connectivity index (χ0) is 23.0. The molecule has 0 radical (unpaired) electrons. The summed E-state index contributed by atoms with van der Waals surface area (Å²) in [4.78, 5) is 0. The third-order valence-corrected chi connectivity index (χ3v) is 4.73. The number of hydrogen-bond donors (Lipinski definition) is 2. The van der Waals surface area contributed by atoms with E-state index in [4.69, 9.17) is 28.4 Å². The van der Waals surface area contributed by atoms with E-state index in [0.717, 1.165) is 5.56 Å². The molecule has 2 unspecified atom stereocenters. The Bertz CT molecular complexity index is 830. The highest BCUT2D eigenvalue weighted by atomic mass is 16.6. The van der Waals surface area contributed by atoms with Gasteiger partial charge in [0.25, 0.3) is 0 Å².